The van der Waals surface area contributed by atoms with E-state index in [1.54, 1.807) is 111 Å². The fraction of sp³-hybridized carbons (Fsp3) is 0.270. The van der Waals surface area contributed by atoms with Gasteiger partial charge in [-0.25, -0.2) is 4.79 Å². The highest BCUT2D eigenvalue weighted by Crippen LogP contribution is 2.44. The maximum atomic E-state index is 12.9. The van der Waals surface area contributed by atoms with Crippen molar-refractivity contribution in [2.45, 2.75) is 45.2 Å². The summed E-state index contributed by atoms with van der Waals surface area (Å²) in [6.45, 7) is 7.39. The molecule has 1 radical (unpaired) electrons. The number of hydrogen-bond donors (Lipinski definition) is 0. The van der Waals surface area contributed by atoms with E-state index in [4.69, 9.17) is 18.9 Å². The fourth-order valence-electron chi connectivity index (χ4n) is 5.52. The number of hydrogen-bond acceptors (Lipinski definition) is 8. The van der Waals surface area contributed by atoms with Crippen LogP contribution in [0.25, 0.3) is 0 Å². The van der Waals surface area contributed by atoms with Gasteiger partial charge < -0.3 is 18.9 Å². The molecule has 1 fully saturated rings. The smallest absolute Gasteiger partial charge is 0.338 e. The summed E-state index contributed by atoms with van der Waals surface area (Å²) in [5, 5.41) is 13.6. The minimum Gasteiger partial charge on any atom is -0.490 e. The summed E-state index contributed by atoms with van der Waals surface area (Å²) in [4.78, 5) is 37.8. The third-order valence-corrected chi connectivity index (χ3v) is 8.02. The van der Waals surface area contributed by atoms with E-state index in [1.807, 2.05) is 19.9 Å². The molecule has 237 valence electrons. The molecule has 0 spiro atoms. The molecule has 1 unspecified atom stereocenters. The Balaban J connectivity index is 1.04. The van der Waals surface area contributed by atoms with Crippen molar-refractivity contribution >= 4 is 17.7 Å². The largest absolute Gasteiger partial charge is 0.490 e. The van der Waals surface area contributed by atoms with Gasteiger partial charge in [0.05, 0.1) is 17.0 Å². The molecule has 0 aliphatic carbocycles. The molecule has 0 N–H and O–H groups in total. The maximum absolute atomic E-state index is 12.9. The number of carbonyl (C=O) groups is 3. The first-order valence-electron chi connectivity index (χ1n) is 15.0. The molecule has 1 aliphatic heterocycles. The number of rotatable bonds is 11. The van der Waals surface area contributed by atoms with Crippen LogP contribution < -0.4 is 14.2 Å². The van der Waals surface area contributed by atoms with Crippen molar-refractivity contribution in [3.8, 4) is 23.0 Å². The van der Waals surface area contributed by atoms with Crippen LogP contribution in [0.3, 0.4) is 0 Å². The van der Waals surface area contributed by atoms with Gasteiger partial charge in [-0.05, 0) is 94.8 Å². The zero-order chi connectivity index (χ0) is 32.9. The molecule has 1 saturated heterocycles. The Kier molecular flexibility index (Phi) is 9.55. The lowest BCUT2D eigenvalue weighted by atomic mass is 9.87. The van der Waals surface area contributed by atoms with Gasteiger partial charge in [-0.3, -0.25) is 9.59 Å². The van der Waals surface area contributed by atoms with E-state index in [-0.39, 0.29) is 19.0 Å². The summed E-state index contributed by atoms with van der Waals surface area (Å²) in [5.41, 5.74) is -0.0860. The summed E-state index contributed by atoms with van der Waals surface area (Å²) in [6.07, 6.45) is 0.419. The van der Waals surface area contributed by atoms with Crippen molar-refractivity contribution in [3.63, 3.8) is 0 Å². The highest BCUT2D eigenvalue weighted by atomic mass is 16.6. The van der Waals surface area contributed by atoms with Gasteiger partial charge in [0.2, 0.25) is 0 Å². The minimum absolute atomic E-state index is 0.0455. The first-order chi connectivity index (χ1) is 21.9. The third kappa shape index (κ3) is 7.44. The molecule has 1 aliphatic rings. The van der Waals surface area contributed by atoms with Crippen molar-refractivity contribution < 1.29 is 38.5 Å². The van der Waals surface area contributed by atoms with Crippen LogP contribution in [0, 0.1) is 5.92 Å². The minimum atomic E-state index is -0.858. The van der Waals surface area contributed by atoms with Crippen molar-refractivity contribution in [1.29, 1.82) is 0 Å². The van der Waals surface area contributed by atoms with E-state index in [9.17, 15) is 19.6 Å². The quantitative estimate of drug-likeness (QED) is 0.0756. The number of carbonyl (C=O) groups excluding carboxylic acids is 3. The molecule has 0 saturated carbocycles. The number of esters is 2. The number of ether oxygens (including phenoxy) is 4. The van der Waals surface area contributed by atoms with E-state index in [0.717, 1.165) is 5.06 Å². The second kappa shape index (κ2) is 13.6. The van der Waals surface area contributed by atoms with Crippen LogP contribution in [0.15, 0.2) is 103 Å². The molecular formula is C37H36NO8. The van der Waals surface area contributed by atoms with Gasteiger partial charge in [0, 0.05) is 16.7 Å². The topological polar surface area (TPSA) is 111 Å². The molecule has 0 bridgehead atoms. The van der Waals surface area contributed by atoms with Crippen molar-refractivity contribution in [3.05, 3.63) is 120 Å². The Bertz CT molecular complexity index is 1660. The molecule has 5 rings (SSSR count). The summed E-state index contributed by atoms with van der Waals surface area (Å²) in [5.74, 6) is 0.468. The van der Waals surface area contributed by atoms with E-state index in [0.29, 0.717) is 46.1 Å². The molecule has 9 heteroatoms. The van der Waals surface area contributed by atoms with Gasteiger partial charge in [0.15, 0.2) is 5.78 Å². The molecule has 1 atom stereocenters. The summed E-state index contributed by atoms with van der Waals surface area (Å²) in [7, 11) is 0. The first kappa shape index (κ1) is 32.4. The predicted molar refractivity (Wildman–Crippen MR) is 169 cm³/mol. The monoisotopic (exact) mass is 622 g/mol. The van der Waals surface area contributed by atoms with Gasteiger partial charge >= 0.3 is 11.9 Å². The Morgan fingerprint density at radius 2 is 1.20 bits per heavy atom. The molecule has 46 heavy (non-hydrogen) atoms. The molecule has 0 aromatic heterocycles. The van der Waals surface area contributed by atoms with Gasteiger partial charge in [0.1, 0.15) is 36.2 Å². The average molecular weight is 623 g/mol. The van der Waals surface area contributed by atoms with Crippen LogP contribution in [0.5, 0.6) is 23.0 Å². The van der Waals surface area contributed by atoms with Gasteiger partial charge in [0.25, 0.3) is 0 Å². The number of benzene rings is 4. The van der Waals surface area contributed by atoms with Crippen molar-refractivity contribution in [2.24, 2.45) is 5.92 Å². The van der Waals surface area contributed by atoms with Crippen LogP contribution in [0.1, 0.15) is 60.4 Å². The highest BCUT2D eigenvalue weighted by molar-refractivity contribution is 6.09. The Morgan fingerprint density at radius 1 is 0.674 bits per heavy atom. The second-order valence-corrected chi connectivity index (χ2v) is 12.2. The number of hydroxylamine groups is 2. The SMILES string of the molecule is CC1(C)CC(C(=O)Oc2ccc(Oc3ccc(OCCOC(=O)c4ccc(C(=O)c5ccccc5)cc4)cc3)cc2)C(C)(C)N1[O]. The second-order valence-electron chi connectivity index (χ2n) is 12.2. The predicted octanol–water partition coefficient (Wildman–Crippen LogP) is 7.08. The van der Waals surface area contributed by atoms with Crippen molar-refractivity contribution in [1.82, 2.24) is 5.06 Å². The van der Waals surface area contributed by atoms with Crippen LogP contribution in [-0.4, -0.2) is 47.1 Å². The Morgan fingerprint density at radius 3 is 1.76 bits per heavy atom. The normalized spacial score (nSPS) is 16.8. The van der Waals surface area contributed by atoms with Gasteiger partial charge in [-0.2, -0.15) is 0 Å². The van der Waals surface area contributed by atoms with Crippen LogP contribution >= 0.6 is 0 Å². The summed E-state index contributed by atoms with van der Waals surface area (Å²) in [6, 6.07) is 28.9. The van der Waals surface area contributed by atoms with Gasteiger partial charge in [-0.15, -0.1) is 10.3 Å². The number of nitrogens with zero attached hydrogens (tertiary/aromatic N) is 1. The molecule has 9 nitrogen and oxygen atoms in total. The molecule has 1 heterocycles. The fourth-order valence-corrected chi connectivity index (χ4v) is 5.52. The molecule has 0 amide bonds. The van der Waals surface area contributed by atoms with Crippen LogP contribution in [0.4, 0.5) is 0 Å². The molecular weight excluding hydrogens is 586 g/mol. The van der Waals surface area contributed by atoms with E-state index in [1.165, 1.54) is 0 Å². The number of ketones is 1. The lowest BCUT2D eigenvalue weighted by molar-refractivity contribution is -0.248. The lowest BCUT2D eigenvalue weighted by Gasteiger charge is -2.32. The Hall–Kier alpha value is -4.99. The average Bonchev–Trinajstić information content (AvgIpc) is 3.23. The zero-order valence-corrected chi connectivity index (χ0v) is 26.2. The highest BCUT2D eigenvalue weighted by Gasteiger charge is 2.56. The Labute approximate surface area is 268 Å². The van der Waals surface area contributed by atoms with Crippen LogP contribution in [-0.2, 0) is 14.7 Å². The van der Waals surface area contributed by atoms with E-state index in [2.05, 4.69) is 0 Å². The van der Waals surface area contributed by atoms with Crippen LogP contribution in [0.2, 0.25) is 0 Å². The lowest BCUT2D eigenvalue weighted by Crippen LogP contribution is -2.47. The summed E-state index contributed by atoms with van der Waals surface area (Å²) >= 11 is 0. The van der Waals surface area contributed by atoms with Gasteiger partial charge in [-0.1, -0.05) is 42.5 Å². The van der Waals surface area contributed by atoms with E-state index < -0.39 is 28.9 Å². The molecule has 4 aromatic carbocycles. The summed E-state index contributed by atoms with van der Waals surface area (Å²) < 4.78 is 22.5. The third-order valence-electron chi connectivity index (χ3n) is 8.02. The standard InChI is InChI=1S/C37H36NO8/c1-36(2)24-32(37(3,4)38(36)42)35(41)46-31-20-18-30(19-21-31)45-29-16-14-28(15-17-29)43-22-23-44-34(40)27-12-10-26(11-13-27)33(39)25-8-6-5-7-9-25/h5-21,32H,22-24H2,1-4H3. The first-order valence-corrected chi connectivity index (χ1v) is 15.0. The van der Waals surface area contributed by atoms with Crippen molar-refractivity contribution in [2.75, 3.05) is 13.2 Å². The molecule has 4 aromatic rings. The zero-order valence-electron chi connectivity index (χ0n) is 26.2. The maximum Gasteiger partial charge on any atom is 0.338 e. The van der Waals surface area contributed by atoms with E-state index >= 15 is 0 Å².